The van der Waals surface area contributed by atoms with Crippen LogP contribution in [0.4, 0.5) is 0 Å². The van der Waals surface area contributed by atoms with Crippen LogP contribution in [0, 0.1) is 37.0 Å². The summed E-state index contributed by atoms with van der Waals surface area (Å²) in [6, 6.07) is 0.00694. The number of aromatic nitrogens is 3. The molecule has 1 aromatic heterocycles. The Hall–Kier alpha value is -0.784. The number of nitrogens with one attached hydrogen (secondary N) is 2. The van der Waals surface area contributed by atoms with E-state index in [0.29, 0.717) is 31.0 Å². The standard InChI is InChI=1S/C13H25NO2.C12H20N4.2CH2O.CH3.K/c1-5-7-10(3)9-14-13(16)11(4)8-12(15)6-2;1-8(13)11(12(2,3)4)16-7-10(14-15-16)9-5-6-9;2*1-2;;/h11-12,15H,1,5-9H2,2-4H3,(H,14,16);7,9,11,13H,5-6H2,1-4H3;2*1H2;1H3;/q-2;;;;-1;+1. The number of nitrogens with zero attached hydrogens (tertiary/aromatic N) is 3. The van der Waals surface area contributed by atoms with Crippen molar-refractivity contribution < 1.29 is 70.9 Å². The zero-order valence-corrected chi connectivity index (χ0v) is 28.6. The van der Waals surface area contributed by atoms with Crippen LogP contribution in [0.1, 0.15) is 105 Å². The van der Waals surface area contributed by atoms with Crippen LogP contribution in [-0.4, -0.2) is 57.9 Å². The molecule has 3 atom stereocenters. The van der Waals surface area contributed by atoms with E-state index >= 15 is 0 Å². The molecule has 0 bridgehead atoms. The second kappa shape index (κ2) is 24.0. The van der Waals surface area contributed by atoms with Gasteiger partial charge in [0, 0.05) is 23.7 Å². The van der Waals surface area contributed by atoms with Crippen LogP contribution in [-0.2, 0) is 14.4 Å². The van der Waals surface area contributed by atoms with Gasteiger partial charge < -0.3 is 45.7 Å². The number of hydrogen-bond donors (Lipinski definition) is 3. The summed E-state index contributed by atoms with van der Waals surface area (Å²) in [5.41, 5.74) is 1.73. The summed E-state index contributed by atoms with van der Waals surface area (Å²) in [7, 11) is 0. The van der Waals surface area contributed by atoms with E-state index in [1.807, 2.05) is 52.2 Å². The van der Waals surface area contributed by atoms with Crippen LogP contribution in [0.5, 0.6) is 0 Å². The Morgan fingerprint density at radius 3 is 2.24 bits per heavy atom. The maximum Gasteiger partial charge on any atom is 1.00 e. The van der Waals surface area contributed by atoms with E-state index in [1.54, 1.807) is 0 Å². The van der Waals surface area contributed by atoms with Gasteiger partial charge in [0.2, 0.25) is 5.91 Å². The molecular weight excluding hydrogens is 509 g/mol. The van der Waals surface area contributed by atoms with Gasteiger partial charge in [-0.25, -0.2) is 17.5 Å². The largest absolute Gasteiger partial charge is 1.00 e. The summed E-state index contributed by atoms with van der Waals surface area (Å²) in [5, 5.41) is 28.6. The van der Waals surface area contributed by atoms with Gasteiger partial charge in [-0.15, -0.1) is 11.6 Å². The fourth-order valence-corrected chi connectivity index (χ4v) is 3.71. The summed E-state index contributed by atoms with van der Waals surface area (Å²) in [6.45, 7) is 22.4. The SMILES string of the molecule is C=O.C=O.CC(=N)C(n1cc(C2CC2)nn1)C(C)(C)C.[CH2-]CC[C-](C)CNC(=O)C(C)CC(O)CC.[CH3-].[K+]. The molecule has 9 nitrogen and oxygen atoms in total. The average molecular weight is 562 g/mol. The predicted molar refractivity (Wildman–Crippen MR) is 151 cm³/mol. The quantitative estimate of drug-likeness (QED) is 0.215. The molecule has 216 valence electrons. The minimum Gasteiger partial charge on any atom is -0.393 e. The minimum atomic E-state index is -0.370. The Morgan fingerprint density at radius 2 is 1.84 bits per heavy atom. The van der Waals surface area contributed by atoms with E-state index in [2.05, 4.69) is 43.3 Å². The molecular formula is C28H52KN5O4-2. The Kier molecular flexibility index (Phi) is 28.0. The predicted octanol–water partition coefficient (Wildman–Crippen LogP) is 1.98. The Balaban J connectivity index is -0.000000257. The van der Waals surface area contributed by atoms with Gasteiger partial charge >= 0.3 is 51.4 Å². The first kappa shape index (κ1) is 44.2. The molecule has 1 aliphatic carbocycles. The molecule has 1 aromatic rings. The van der Waals surface area contributed by atoms with E-state index in [4.69, 9.17) is 15.0 Å². The van der Waals surface area contributed by atoms with E-state index in [0.717, 1.165) is 18.5 Å². The van der Waals surface area contributed by atoms with E-state index in [-0.39, 0.29) is 88.2 Å². The minimum absolute atomic E-state index is 0. The van der Waals surface area contributed by atoms with Crippen molar-refractivity contribution >= 4 is 25.2 Å². The normalized spacial score (nSPS) is 14.3. The average Bonchev–Trinajstić information content (AvgIpc) is 3.58. The zero-order valence-electron chi connectivity index (χ0n) is 25.5. The monoisotopic (exact) mass is 561 g/mol. The van der Waals surface area contributed by atoms with Crippen molar-refractivity contribution in [2.75, 3.05) is 6.54 Å². The van der Waals surface area contributed by atoms with Gasteiger partial charge in [-0.3, -0.25) is 4.79 Å². The number of rotatable bonds is 11. The first-order valence-electron chi connectivity index (χ1n) is 12.5. The summed E-state index contributed by atoms with van der Waals surface area (Å²) in [4.78, 5) is 27.7. The maximum atomic E-state index is 11.7. The van der Waals surface area contributed by atoms with Crippen molar-refractivity contribution in [1.82, 2.24) is 20.3 Å². The zero-order chi connectivity index (χ0) is 28.5. The first-order chi connectivity index (χ1) is 16.9. The number of aliphatic hydroxyl groups excluding tert-OH is 1. The van der Waals surface area contributed by atoms with Crippen molar-refractivity contribution in [3.63, 3.8) is 0 Å². The molecule has 0 saturated heterocycles. The smallest absolute Gasteiger partial charge is 0.393 e. The third-order valence-corrected chi connectivity index (χ3v) is 5.73. The number of carbonyl (C=O) groups excluding carboxylic acids is 3. The molecule has 1 fully saturated rings. The molecule has 1 aliphatic rings. The molecule has 1 saturated carbocycles. The van der Waals surface area contributed by atoms with Crippen molar-refractivity contribution in [3.8, 4) is 0 Å². The van der Waals surface area contributed by atoms with Gasteiger partial charge in [0.1, 0.15) is 13.6 Å². The van der Waals surface area contributed by atoms with Crippen molar-refractivity contribution in [2.24, 2.45) is 11.3 Å². The molecule has 0 spiro atoms. The topological polar surface area (TPSA) is 138 Å². The maximum absolute atomic E-state index is 11.7. The van der Waals surface area contributed by atoms with Crippen LogP contribution in [0.25, 0.3) is 0 Å². The van der Waals surface area contributed by atoms with Crippen molar-refractivity contribution in [3.05, 3.63) is 32.2 Å². The van der Waals surface area contributed by atoms with Gasteiger partial charge in [0.15, 0.2) is 0 Å². The number of aliphatic hydroxyl groups is 1. The first-order valence-corrected chi connectivity index (χ1v) is 12.5. The summed E-state index contributed by atoms with van der Waals surface area (Å²) < 4.78 is 1.86. The number of carbonyl (C=O) groups is 3. The van der Waals surface area contributed by atoms with Gasteiger partial charge in [0.25, 0.3) is 0 Å². The molecule has 0 aliphatic heterocycles. The summed E-state index contributed by atoms with van der Waals surface area (Å²) >= 11 is 0. The van der Waals surface area contributed by atoms with E-state index in [1.165, 1.54) is 18.8 Å². The molecule has 3 N–H and O–H groups in total. The second-order valence-corrected chi connectivity index (χ2v) is 10.3. The second-order valence-electron chi connectivity index (χ2n) is 10.3. The van der Waals surface area contributed by atoms with Crippen molar-refractivity contribution in [1.29, 1.82) is 5.41 Å². The van der Waals surface area contributed by atoms with Gasteiger partial charge in [-0.05, 0) is 38.0 Å². The molecule has 2 rings (SSSR count). The number of hydrogen-bond acceptors (Lipinski definition) is 7. The number of amides is 1. The fraction of sp³-hybridized carbons (Fsp3) is 0.679. The van der Waals surface area contributed by atoms with Crippen LogP contribution < -0.4 is 56.7 Å². The fourth-order valence-electron chi connectivity index (χ4n) is 3.71. The third kappa shape index (κ3) is 18.5. The molecule has 1 amide bonds. The van der Waals surface area contributed by atoms with Crippen LogP contribution in [0.15, 0.2) is 6.20 Å². The Bertz CT molecular complexity index is 748. The third-order valence-electron chi connectivity index (χ3n) is 5.73. The van der Waals surface area contributed by atoms with Gasteiger partial charge in [-0.1, -0.05) is 39.8 Å². The van der Waals surface area contributed by atoms with E-state index < -0.39 is 0 Å². The van der Waals surface area contributed by atoms with Crippen LogP contribution >= 0.6 is 0 Å². The van der Waals surface area contributed by atoms with Crippen LogP contribution in [0.3, 0.4) is 0 Å². The summed E-state index contributed by atoms with van der Waals surface area (Å²) in [6.07, 6.45) is 7.18. The van der Waals surface area contributed by atoms with Gasteiger partial charge in [-0.2, -0.15) is 6.92 Å². The Labute approximate surface area is 274 Å². The molecule has 10 heteroatoms. The van der Waals surface area contributed by atoms with E-state index in [9.17, 15) is 9.90 Å². The van der Waals surface area contributed by atoms with Crippen molar-refractivity contribution in [2.45, 2.75) is 105 Å². The molecule has 38 heavy (non-hydrogen) atoms. The molecule has 0 radical (unpaired) electrons. The van der Waals surface area contributed by atoms with Crippen LogP contribution in [0.2, 0.25) is 0 Å². The molecule has 1 heterocycles. The molecule has 0 aromatic carbocycles. The molecule has 3 unspecified atom stereocenters. The Morgan fingerprint density at radius 1 is 1.32 bits per heavy atom. The van der Waals surface area contributed by atoms with Gasteiger partial charge in [0.05, 0.1) is 17.8 Å². The summed E-state index contributed by atoms with van der Waals surface area (Å²) in [5.74, 6) is 1.77.